The molecule has 0 aliphatic rings. The molecule has 2 heterocycles. The van der Waals surface area contributed by atoms with E-state index < -0.39 is 11.7 Å². The molecule has 1 N–H and O–H groups in total. The molecule has 0 spiro atoms. The minimum absolute atomic E-state index is 0.189. The standard InChI is InChI=1S/C28H23FN4O4/c1-35-24-12-10-19(11-13-24)14-16-37-28-31-26(25-9-4-15-36-25)33(32-28)23-8-3-7-22(18-23)30-27(34)20-5-2-6-21(29)17-20/h2-13,15,17-18H,14,16H2,1H3,(H,30,34). The first-order valence-electron chi connectivity index (χ1n) is 11.5. The van der Waals surface area contributed by atoms with Crippen LogP contribution in [0.25, 0.3) is 17.3 Å². The van der Waals surface area contributed by atoms with Gasteiger partial charge in [0, 0.05) is 17.7 Å². The summed E-state index contributed by atoms with van der Waals surface area (Å²) < 4.78 is 31.7. The monoisotopic (exact) mass is 498 g/mol. The van der Waals surface area contributed by atoms with Gasteiger partial charge in [-0.3, -0.25) is 4.79 Å². The highest BCUT2D eigenvalue weighted by molar-refractivity contribution is 6.04. The number of methoxy groups -OCH3 is 1. The summed E-state index contributed by atoms with van der Waals surface area (Å²) in [5, 5.41) is 7.31. The fourth-order valence-electron chi connectivity index (χ4n) is 3.70. The van der Waals surface area contributed by atoms with Crippen LogP contribution in [0.1, 0.15) is 15.9 Å². The average molecular weight is 499 g/mol. The zero-order valence-electron chi connectivity index (χ0n) is 19.9. The van der Waals surface area contributed by atoms with Crippen molar-refractivity contribution in [3.05, 3.63) is 108 Å². The van der Waals surface area contributed by atoms with Crippen molar-refractivity contribution in [2.45, 2.75) is 6.42 Å². The van der Waals surface area contributed by atoms with Crippen LogP contribution in [0.5, 0.6) is 11.8 Å². The van der Waals surface area contributed by atoms with Gasteiger partial charge >= 0.3 is 6.01 Å². The maximum Gasteiger partial charge on any atom is 0.336 e. The largest absolute Gasteiger partial charge is 0.497 e. The van der Waals surface area contributed by atoms with Crippen LogP contribution in [-0.4, -0.2) is 34.4 Å². The lowest BCUT2D eigenvalue weighted by Crippen LogP contribution is -2.12. The first-order valence-corrected chi connectivity index (χ1v) is 11.5. The number of anilines is 1. The SMILES string of the molecule is COc1ccc(CCOc2nc(-c3ccco3)n(-c3cccc(NC(=O)c4cccc(F)c4)c3)n2)cc1. The van der Waals surface area contributed by atoms with E-state index in [-0.39, 0.29) is 11.6 Å². The summed E-state index contributed by atoms with van der Waals surface area (Å²) in [7, 11) is 1.63. The Balaban J connectivity index is 1.35. The molecular weight excluding hydrogens is 475 g/mol. The van der Waals surface area contributed by atoms with Gasteiger partial charge in [-0.05, 0) is 66.2 Å². The molecule has 0 atom stereocenters. The van der Waals surface area contributed by atoms with Gasteiger partial charge in [0.05, 0.1) is 25.7 Å². The molecule has 0 aliphatic heterocycles. The summed E-state index contributed by atoms with van der Waals surface area (Å²) >= 11 is 0. The summed E-state index contributed by atoms with van der Waals surface area (Å²) in [6.45, 7) is 0.373. The second kappa shape index (κ2) is 10.8. The third kappa shape index (κ3) is 5.67. The highest BCUT2D eigenvalue weighted by Gasteiger charge is 2.18. The van der Waals surface area contributed by atoms with Crippen LogP contribution < -0.4 is 14.8 Å². The number of hydrogen-bond acceptors (Lipinski definition) is 6. The molecule has 37 heavy (non-hydrogen) atoms. The highest BCUT2D eigenvalue weighted by atomic mass is 19.1. The maximum absolute atomic E-state index is 13.5. The third-order valence-corrected chi connectivity index (χ3v) is 5.55. The van der Waals surface area contributed by atoms with Crippen molar-refractivity contribution >= 4 is 11.6 Å². The summed E-state index contributed by atoms with van der Waals surface area (Å²) in [5.41, 5.74) is 2.44. The number of halogens is 1. The van der Waals surface area contributed by atoms with Crippen LogP contribution in [0, 0.1) is 5.82 Å². The molecule has 0 aliphatic carbocycles. The Labute approximate surface area is 212 Å². The van der Waals surface area contributed by atoms with E-state index in [1.54, 1.807) is 54.5 Å². The minimum Gasteiger partial charge on any atom is -0.497 e. The number of carbonyl (C=O) groups excluding carboxylic acids is 1. The number of ether oxygens (including phenoxy) is 2. The number of rotatable bonds is 9. The van der Waals surface area contributed by atoms with Gasteiger partial charge in [-0.1, -0.05) is 24.3 Å². The zero-order valence-corrected chi connectivity index (χ0v) is 19.9. The molecule has 5 aromatic rings. The van der Waals surface area contributed by atoms with Crippen LogP contribution in [0.15, 0.2) is 95.6 Å². The van der Waals surface area contributed by atoms with Crippen LogP contribution in [0.4, 0.5) is 10.1 Å². The average Bonchev–Trinajstić information content (AvgIpc) is 3.60. The molecule has 9 heteroatoms. The molecular formula is C28H23FN4O4. The van der Waals surface area contributed by atoms with Gasteiger partial charge in [0.15, 0.2) is 5.76 Å². The lowest BCUT2D eigenvalue weighted by molar-refractivity contribution is 0.102. The molecule has 0 bridgehead atoms. The second-order valence-electron chi connectivity index (χ2n) is 8.07. The first-order chi connectivity index (χ1) is 18.1. The van der Waals surface area contributed by atoms with E-state index >= 15 is 0 Å². The van der Waals surface area contributed by atoms with E-state index in [1.807, 2.05) is 30.3 Å². The first kappa shape index (κ1) is 23.8. The smallest absolute Gasteiger partial charge is 0.336 e. The number of carbonyl (C=O) groups is 1. The number of furan rings is 1. The minimum atomic E-state index is -0.480. The highest BCUT2D eigenvalue weighted by Crippen LogP contribution is 2.25. The summed E-state index contributed by atoms with van der Waals surface area (Å²) in [6, 6.07) is 24.0. The Kier molecular flexibility index (Phi) is 6.93. The third-order valence-electron chi connectivity index (χ3n) is 5.55. The number of nitrogens with one attached hydrogen (secondary N) is 1. The summed E-state index contributed by atoms with van der Waals surface area (Å²) in [4.78, 5) is 17.1. The fourth-order valence-corrected chi connectivity index (χ4v) is 3.70. The molecule has 8 nitrogen and oxygen atoms in total. The number of benzene rings is 3. The van der Waals surface area contributed by atoms with Crippen molar-refractivity contribution in [3.63, 3.8) is 0 Å². The number of aromatic nitrogens is 3. The molecule has 0 fully saturated rings. The van der Waals surface area contributed by atoms with E-state index in [9.17, 15) is 9.18 Å². The van der Waals surface area contributed by atoms with Crippen molar-refractivity contribution in [1.29, 1.82) is 0 Å². The lowest BCUT2D eigenvalue weighted by Gasteiger charge is -2.09. The molecule has 1 amide bonds. The zero-order chi connectivity index (χ0) is 25.6. The van der Waals surface area contributed by atoms with Gasteiger partial charge in [-0.15, -0.1) is 5.10 Å². The predicted molar refractivity (Wildman–Crippen MR) is 136 cm³/mol. The Hall–Kier alpha value is -4.92. The number of hydrogen-bond donors (Lipinski definition) is 1. The molecule has 0 radical (unpaired) electrons. The Morgan fingerprint density at radius 3 is 2.62 bits per heavy atom. The van der Waals surface area contributed by atoms with E-state index in [4.69, 9.17) is 13.9 Å². The van der Waals surface area contributed by atoms with Crippen LogP contribution in [-0.2, 0) is 6.42 Å². The van der Waals surface area contributed by atoms with Gasteiger partial charge in [0.1, 0.15) is 11.6 Å². The van der Waals surface area contributed by atoms with E-state index in [1.165, 1.54) is 18.2 Å². The Morgan fingerprint density at radius 2 is 1.86 bits per heavy atom. The fraction of sp³-hybridized carbons (Fsp3) is 0.107. The molecule has 0 unspecified atom stereocenters. The molecule has 3 aromatic carbocycles. The normalized spacial score (nSPS) is 10.8. The molecule has 0 saturated carbocycles. The summed E-state index contributed by atoms with van der Waals surface area (Å²) in [5.74, 6) is 0.836. The maximum atomic E-state index is 13.5. The van der Waals surface area contributed by atoms with E-state index in [0.29, 0.717) is 36.0 Å². The van der Waals surface area contributed by atoms with E-state index in [2.05, 4.69) is 15.4 Å². The van der Waals surface area contributed by atoms with Crippen molar-refractivity contribution in [3.8, 4) is 29.0 Å². The Morgan fingerprint density at radius 1 is 1.03 bits per heavy atom. The topological polar surface area (TPSA) is 91.4 Å². The lowest BCUT2D eigenvalue weighted by atomic mass is 10.1. The van der Waals surface area contributed by atoms with Gasteiger partial charge in [0.2, 0.25) is 5.82 Å². The van der Waals surface area contributed by atoms with Crippen LogP contribution in [0.2, 0.25) is 0 Å². The molecule has 2 aromatic heterocycles. The quantitative estimate of drug-likeness (QED) is 0.287. The van der Waals surface area contributed by atoms with Gasteiger partial charge < -0.3 is 19.2 Å². The van der Waals surface area contributed by atoms with Gasteiger partial charge in [0.25, 0.3) is 5.91 Å². The van der Waals surface area contributed by atoms with Gasteiger partial charge in [-0.25, -0.2) is 9.07 Å². The van der Waals surface area contributed by atoms with Gasteiger partial charge in [-0.2, -0.15) is 4.98 Å². The number of nitrogens with zero attached hydrogens (tertiary/aromatic N) is 3. The number of amides is 1. The van der Waals surface area contributed by atoms with Crippen molar-refractivity contribution < 1.29 is 23.1 Å². The molecule has 0 saturated heterocycles. The van der Waals surface area contributed by atoms with Crippen molar-refractivity contribution in [2.75, 3.05) is 19.0 Å². The summed E-state index contributed by atoms with van der Waals surface area (Å²) in [6.07, 6.45) is 2.21. The van der Waals surface area contributed by atoms with Crippen molar-refractivity contribution in [1.82, 2.24) is 14.8 Å². The second-order valence-corrected chi connectivity index (χ2v) is 8.07. The molecule has 186 valence electrons. The van der Waals surface area contributed by atoms with Crippen LogP contribution >= 0.6 is 0 Å². The predicted octanol–water partition coefficient (Wildman–Crippen LogP) is 5.55. The molecule has 5 rings (SSSR count). The van der Waals surface area contributed by atoms with Crippen molar-refractivity contribution in [2.24, 2.45) is 0 Å². The van der Waals surface area contributed by atoms with E-state index in [0.717, 1.165) is 11.3 Å². The van der Waals surface area contributed by atoms with Crippen LogP contribution in [0.3, 0.4) is 0 Å². The Bertz CT molecular complexity index is 1500.